The van der Waals surface area contributed by atoms with Crippen LogP contribution in [0.25, 0.3) is 0 Å². The molecular formula is C12H18N4O. The Labute approximate surface area is 101 Å². The molecule has 0 aliphatic carbocycles. The monoisotopic (exact) mass is 234 g/mol. The maximum atomic E-state index is 10.5. The number of rotatable bonds is 3. The van der Waals surface area contributed by atoms with Crippen molar-refractivity contribution >= 4 is 0 Å². The summed E-state index contributed by atoms with van der Waals surface area (Å²) in [5, 5.41) is 19.0. The van der Waals surface area contributed by atoms with E-state index in [2.05, 4.69) is 10.2 Å². The molecule has 0 aromatic carbocycles. The van der Waals surface area contributed by atoms with E-state index >= 15 is 0 Å². The molecule has 2 heterocycles. The van der Waals surface area contributed by atoms with Crippen LogP contribution in [0.1, 0.15) is 35.5 Å². The molecule has 0 amide bonds. The average molecular weight is 234 g/mol. The zero-order valence-electron chi connectivity index (χ0n) is 10.7. The highest BCUT2D eigenvalue weighted by atomic mass is 16.3. The van der Waals surface area contributed by atoms with E-state index in [9.17, 15) is 5.11 Å². The number of aliphatic hydroxyl groups excluding tert-OH is 1. The summed E-state index contributed by atoms with van der Waals surface area (Å²) in [7, 11) is 3.71. The molecular weight excluding hydrogens is 216 g/mol. The minimum Gasteiger partial charge on any atom is -0.382 e. The van der Waals surface area contributed by atoms with Gasteiger partial charge in [-0.3, -0.25) is 9.36 Å². The van der Waals surface area contributed by atoms with Crippen molar-refractivity contribution in [2.75, 3.05) is 0 Å². The van der Waals surface area contributed by atoms with Crippen molar-refractivity contribution in [2.24, 2.45) is 14.1 Å². The molecule has 0 radical (unpaired) electrons. The Kier molecular flexibility index (Phi) is 3.02. The molecule has 5 nitrogen and oxygen atoms in total. The highest BCUT2D eigenvalue weighted by Crippen LogP contribution is 2.26. The first-order chi connectivity index (χ1) is 8.04. The summed E-state index contributed by atoms with van der Waals surface area (Å²) in [6.45, 7) is 3.99. The Bertz CT molecular complexity index is 507. The van der Waals surface area contributed by atoms with E-state index in [-0.39, 0.29) is 0 Å². The molecule has 5 heteroatoms. The molecule has 0 aliphatic rings. The molecule has 1 unspecified atom stereocenters. The van der Waals surface area contributed by atoms with Crippen LogP contribution in [0.15, 0.2) is 12.4 Å². The molecule has 0 saturated carbocycles. The Morgan fingerprint density at radius 3 is 2.65 bits per heavy atom. The Morgan fingerprint density at radius 1 is 1.41 bits per heavy atom. The fraction of sp³-hybridized carbons (Fsp3) is 0.500. The quantitative estimate of drug-likeness (QED) is 0.865. The van der Waals surface area contributed by atoms with E-state index in [0.29, 0.717) is 0 Å². The molecule has 0 aliphatic heterocycles. The van der Waals surface area contributed by atoms with Crippen molar-refractivity contribution in [3.05, 3.63) is 34.9 Å². The fourth-order valence-corrected chi connectivity index (χ4v) is 2.15. The van der Waals surface area contributed by atoms with Crippen LogP contribution < -0.4 is 0 Å². The lowest BCUT2D eigenvalue weighted by molar-refractivity contribution is 0.208. The summed E-state index contributed by atoms with van der Waals surface area (Å²) in [6.07, 6.45) is 3.78. The molecule has 92 valence electrons. The van der Waals surface area contributed by atoms with Crippen molar-refractivity contribution in [1.29, 1.82) is 0 Å². The first-order valence-electron chi connectivity index (χ1n) is 5.73. The average Bonchev–Trinajstić information content (AvgIpc) is 2.82. The van der Waals surface area contributed by atoms with E-state index in [1.165, 1.54) is 0 Å². The second kappa shape index (κ2) is 4.33. The van der Waals surface area contributed by atoms with E-state index in [1.54, 1.807) is 15.6 Å². The lowest BCUT2D eigenvalue weighted by atomic mass is 10.0. The smallest absolute Gasteiger partial charge is 0.124 e. The molecule has 0 saturated heterocycles. The van der Waals surface area contributed by atoms with Crippen molar-refractivity contribution in [3.8, 4) is 0 Å². The summed E-state index contributed by atoms with van der Waals surface area (Å²) in [4.78, 5) is 0. The van der Waals surface area contributed by atoms with Crippen LogP contribution in [0, 0.1) is 6.92 Å². The number of hydrogen-bond acceptors (Lipinski definition) is 3. The molecule has 2 aromatic rings. The number of hydrogen-bond donors (Lipinski definition) is 1. The van der Waals surface area contributed by atoms with Gasteiger partial charge in [0.25, 0.3) is 0 Å². The Hall–Kier alpha value is -1.62. The standard InChI is InChI=1S/C12H18N4O/c1-5-10-9(7-15(3)14-10)12(17)11-8(2)6-13-16(11)4/h6-7,12,17H,5H2,1-4H3. The lowest BCUT2D eigenvalue weighted by Gasteiger charge is -2.12. The zero-order valence-corrected chi connectivity index (χ0v) is 10.7. The minimum absolute atomic E-state index is 0.661. The second-order valence-electron chi connectivity index (χ2n) is 4.30. The predicted octanol–water partition coefficient (Wildman–Crippen LogP) is 1.11. The maximum absolute atomic E-state index is 10.5. The van der Waals surface area contributed by atoms with E-state index in [4.69, 9.17) is 0 Å². The van der Waals surface area contributed by atoms with E-state index in [0.717, 1.165) is 28.9 Å². The van der Waals surface area contributed by atoms with Crippen molar-refractivity contribution < 1.29 is 5.11 Å². The van der Waals surface area contributed by atoms with Gasteiger partial charge in [-0.1, -0.05) is 6.92 Å². The summed E-state index contributed by atoms with van der Waals surface area (Å²) < 4.78 is 3.45. The van der Waals surface area contributed by atoms with Gasteiger partial charge in [0.15, 0.2) is 0 Å². The van der Waals surface area contributed by atoms with Gasteiger partial charge in [0, 0.05) is 25.9 Å². The molecule has 1 atom stereocenters. The number of aryl methyl sites for hydroxylation is 4. The second-order valence-corrected chi connectivity index (χ2v) is 4.30. The first-order valence-corrected chi connectivity index (χ1v) is 5.73. The third-order valence-electron chi connectivity index (χ3n) is 3.00. The van der Waals surface area contributed by atoms with Gasteiger partial charge < -0.3 is 5.11 Å². The number of aliphatic hydroxyl groups is 1. The van der Waals surface area contributed by atoms with Gasteiger partial charge in [0.05, 0.1) is 17.6 Å². The SMILES string of the molecule is CCc1nn(C)cc1C(O)c1c(C)cnn1C. The summed E-state index contributed by atoms with van der Waals surface area (Å²) in [5.74, 6) is 0. The van der Waals surface area contributed by atoms with Gasteiger partial charge in [-0.2, -0.15) is 10.2 Å². The molecule has 0 bridgehead atoms. The molecule has 17 heavy (non-hydrogen) atoms. The normalized spacial score (nSPS) is 13.0. The van der Waals surface area contributed by atoms with Crippen LogP contribution in [0.3, 0.4) is 0 Å². The van der Waals surface area contributed by atoms with Crippen LogP contribution in [0.4, 0.5) is 0 Å². The molecule has 0 spiro atoms. The molecule has 2 rings (SSSR count). The highest BCUT2D eigenvalue weighted by molar-refractivity contribution is 5.31. The topological polar surface area (TPSA) is 55.9 Å². The van der Waals surface area contributed by atoms with Gasteiger partial charge in [-0.25, -0.2) is 0 Å². The minimum atomic E-state index is -0.661. The summed E-state index contributed by atoms with van der Waals surface area (Å²) in [5.41, 5.74) is 3.61. The van der Waals surface area contributed by atoms with Gasteiger partial charge in [0.1, 0.15) is 6.10 Å². The van der Waals surface area contributed by atoms with Gasteiger partial charge in [0.2, 0.25) is 0 Å². The molecule has 1 N–H and O–H groups in total. The van der Waals surface area contributed by atoms with Crippen molar-refractivity contribution in [3.63, 3.8) is 0 Å². The van der Waals surface area contributed by atoms with Crippen molar-refractivity contribution in [2.45, 2.75) is 26.4 Å². The Balaban J connectivity index is 2.46. The Morgan fingerprint density at radius 2 is 2.12 bits per heavy atom. The van der Waals surface area contributed by atoms with Gasteiger partial charge in [-0.15, -0.1) is 0 Å². The highest BCUT2D eigenvalue weighted by Gasteiger charge is 2.21. The third kappa shape index (κ3) is 1.98. The fourth-order valence-electron chi connectivity index (χ4n) is 2.15. The number of nitrogens with zero attached hydrogens (tertiary/aromatic N) is 4. The van der Waals surface area contributed by atoms with E-state index < -0.39 is 6.10 Å². The zero-order chi connectivity index (χ0) is 12.6. The number of aromatic nitrogens is 4. The summed E-state index contributed by atoms with van der Waals surface area (Å²) >= 11 is 0. The van der Waals surface area contributed by atoms with E-state index in [1.807, 2.05) is 34.1 Å². The van der Waals surface area contributed by atoms with Crippen LogP contribution in [0.2, 0.25) is 0 Å². The largest absolute Gasteiger partial charge is 0.382 e. The van der Waals surface area contributed by atoms with Crippen LogP contribution in [-0.4, -0.2) is 24.7 Å². The van der Waals surface area contributed by atoms with Crippen molar-refractivity contribution in [1.82, 2.24) is 19.6 Å². The van der Waals surface area contributed by atoms with Gasteiger partial charge in [-0.05, 0) is 18.9 Å². The lowest BCUT2D eigenvalue weighted by Crippen LogP contribution is -2.09. The van der Waals surface area contributed by atoms with Crippen LogP contribution in [-0.2, 0) is 20.5 Å². The maximum Gasteiger partial charge on any atom is 0.124 e. The molecule has 2 aromatic heterocycles. The van der Waals surface area contributed by atoms with Gasteiger partial charge >= 0.3 is 0 Å². The molecule has 0 fully saturated rings. The predicted molar refractivity (Wildman–Crippen MR) is 64.6 cm³/mol. The van der Waals surface area contributed by atoms with Crippen LogP contribution in [0.5, 0.6) is 0 Å². The summed E-state index contributed by atoms with van der Waals surface area (Å²) in [6, 6.07) is 0. The first kappa shape index (κ1) is 11.9. The third-order valence-corrected chi connectivity index (χ3v) is 3.00. The van der Waals surface area contributed by atoms with Crippen LogP contribution >= 0.6 is 0 Å².